The summed E-state index contributed by atoms with van der Waals surface area (Å²) in [4.78, 5) is 19.5. The highest BCUT2D eigenvalue weighted by molar-refractivity contribution is 8.01. The van der Waals surface area contributed by atoms with Crippen molar-refractivity contribution in [3.8, 4) is 11.5 Å². The van der Waals surface area contributed by atoms with Gasteiger partial charge in [-0.3, -0.25) is 4.79 Å². The van der Waals surface area contributed by atoms with E-state index in [-0.39, 0.29) is 18.7 Å². The number of fused-ring (bicyclic) bond motifs is 2. The van der Waals surface area contributed by atoms with Crippen LogP contribution in [0.1, 0.15) is 24.4 Å². The molecule has 0 bridgehead atoms. The van der Waals surface area contributed by atoms with Crippen molar-refractivity contribution in [3.05, 3.63) is 48.0 Å². The molecule has 5 rings (SSSR count). The summed E-state index contributed by atoms with van der Waals surface area (Å²) >= 11 is 3.17. The molecule has 3 heterocycles. The zero-order chi connectivity index (χ0) is 18.2. The minimum atomic E-state index is 0.114. The molecular formula is C20H18N2O3S2. The van der Waals surface area contributed by atoms with Crippen molar-refractivity contribution in [1.82, 2.24) is 9.88 Å². The molecule has 3 aromatic rings. The van der Waals surface area contributed by atoms with Gasteiger partial charge in [0.05, 0.1) is 22.0 Å². The number of ether oxygens (including phenoxy) is 2. The number of carbonyl (C=O) groups excluding carboxylic acids is 1. The topological polar surface area (TPSA) is 51.7 Å². The third kappa shape index (κ3) is 3.26. The number of thiazole rings is 1. The zero-order valence-electron chi connectivity index (χ0n) is 14.6. The van der Waals surface area contributed by atoms with Crippen molar-refractivity contribution in [2.24, 2.45) is 0 Å². The number of para-hydroxylation sites is 1. The molecule has 5 nitrogen and oxygen atoms in total. The average molecular weight is 399 g/mol. The van der Waals surface area contributed by atoms with Gasteiger partial charge in [0.2, 0.25) is 12.7 Å². The minimum Gasteiger partial charge on any atom is -0.454 e. The highest BCUT2D eigenvalue weighted by atomic mass is 32.2. The molecule has 0 aliphatic carbocycles. The SMILES string of the molecule is O=C(CSc1nc2ccccc2s1)N1CCCC1c1ccc2c(c1)OCO2. The van der Waals surface area contributed by atoms with E-state index in [1.807, 2.05) is 41.3 Å². The zero-order valence-corrected chi connectivity index (χ0v) is 16.2. The van der Waals surface area contributed by atoms with E-state index >= 15 is 0 Å². The molecule has 2 aliphatic rings. The molecule has 1 amide bonds. The van der Waals surface area contributed by atoms with Crippen molar-refractivity contribution in [1.29, 1.82) is 0 Å². The second-order valence-corrected chi connectivity index (χ2v) is 8.85. The van der Waals surface area contributed by atoms with Crippen LogP contribution in [0.5, 0.6) is 11.5 Å². The molecule has 1 unspecified atom stereocenters. The van der Waals surface area contributed by atoms with Crippen molar-refractivity contribution in [2.45, 2.75) is 23.2 Å². The molecule has 0 radical (unpaired) electrons. The molecule has 138 valence electrons. The smallest absolute Gasteiger partial charge is 0.233 e. The number of likely N-dealkylation sites (tertiary alicyclic amines) is 1. The van der Waals surface area contributed by atoms with Crippen LogP contribution in [0, 0.1) is 0 Å². The highest BCUT2D eigenvalue weighted by Gasteiger charge is 2.31. The second kappa shape index (κ2) is 7.05. The van der Waals surface area contributed by atoms with Crippen LogP contribution in [0.2, 0.25) is 0 Å². The first-order valence-corrected chi connectivity index (χ1v) is 10.8. The Balaban J connectivity index is 1.29. The van der Waals surface area contributed by atoms with Gasteiger partial charge in [-0.05, 0) is 42.7 Å². The van der Waals surface area contributed by atoms with Crippen LogP contribution in [0.15, 0.2) is 46.8 Å². The van der Waals surface area contributed by atoms with E-state index in [0.29, 0.717) is 5.75 Å². The van der Waals surface area contributed by atoms with Gasteiger partial charge in [-0.2, -0.15) is 0 Å². The maximum absolute atomic E-state index is 12.9. The van der Waals surface area contributed by atoms with Gasteiger partial charge in [0.25, 0.3) is 0 Å². The fourth-order valence-corrected chi connectivity index (χ4v) is 5.61. The number of hydrogen-bond donors (Lipinski definition) is 0. The molecular weight excluding hydrogens is 380 g/mol. The molecule has 0 saturated carbocycles. The fourth-order valence-electron chi connectivity index (χ4n) is 3.65. The number of hydrogen-bond acceptors (Lipinski definition) is 6. The Morgan fingerprint density at radius 3 is 3.04 bits per heavy atom. The molecule has 27 heavy (non-hydrogen) atoms. The number of thioether (sulfide) groups is 1. The van der Waals surface area contributed by atoms with E-state index in [2.05, 4.69) is 11.1 Å². The maximum atomic E-state index is 12.9. The normalized spacial score (nSPS) is 18.4. The average Bonchev–Trinajstić information content (AvgIpc) is 3.43. The van der Waals surface area contributed by atoms with Crippen molar-refractivity contribution in [2.75, 3.05) is 19.1 Å². The summed E-state index contributed by atoms with van der Waals surface area (Å²) in [6.07, 6.45) is 2.01. The number of amides is 1. The third-order valence-corrected chi connectivity index (χ3v) is 7.11. The predicted octanol–water partition coefficient (Wildman–Crippen LogP) is 4.48. The lowest BCUT2D eigenvalue weighted by Crippen LogP contribution is -2.31. The number of aromatic nitrogens is 1. The lowest BCUT2D eigenvalue weighted by Gasteiger charge is -2.25. The van der Waals surface area contributed by atoms with E-state index < -0.39 is 0 Å². The van der Waals surface area contributed by atoms with Crippen molar-refractivity contribution in [3.63, 3.8) is 0 Å². The lowest BCUT2D eigenvalue weighted by molar-refractivity contribution is -0.129. The van der Waals surface area contributed by atoms with Crippen molar-refractivity contribution >= 4 is 39.2 Å². The van der Waals surface area contributed by atoms with Gasteiger partial charge in [0.1, 0.15) is 0 Å². The van der Waals surface area contributed by atoms with Crippen LogP contribution >= 0.6 is 23.1 Å². The number of carbonyl (C=O) groups is 1. The van der Waals surface area contributed by atoms with E-state index in [0.717, 1.165) is 51.0 Å². The first-order valence-electron chi connectivity index (χ1n) is 8.95. The summed E-state index contributed by atoms with van der Waals surface area (Å²) in [7, 11) is 0. The summed E-state index contributed by atoms with van der Waals surface area (Å²) in [5, 5.41) is 0. The Hall–Kier alpha value is -2.25. The fraction of sp³-hybridized carbons (Fsp3) is 0.300. The Bertz CT molecular complexity index is 971. The number of nitrogens with zero attached hydrogens (tertiary/aromatic N) is 2. The third-order valence-electron chi connectivity index (χ3n) is 4.95. The van der Waals surface area contributed by atoms with Gasteiger partial charge in [-0.1, -0.05) is 30.0 Å². The van der Waals surface area contributed by atoms with Crippen LogP contribution in [-0.2, 0) is 4.79 Å². The first-order chi connectivity index (χ1) is 13.3. The van der Waals surface area contributed by atoms with Gasteiger partial charge < -0.3 is 14.4 Å². The van der Waals surface area contributed by atoms with E-state index in [9.17, 15) is 4.79 Å². The summed E-state index contributed by atoms with van der Waals surface area (Å²) in [5.41, 5.74) is 2.12. The molecule has 0 N–H and O–H groups in total. The number of rotatable bonds is 4. The van der Waals surface area contributed by atoms with Crippen LogP contribution in [-0.4, -0.2) is 34.9 Å². The molecule has 7 heteroatoms. The van der Waals surface area contributed by atoms with Crippen LogP contribution in [0.4, 0.5) is 0 Å². The Morgan fingerprint density at radius 1 is 1.22 bits per heavy atom. The van der Waals surface area contributed by atoms with Crippen LogP contribution in [0.25, 0.3) is 10.2 Å². The van der Waals surface area contributed by atoms with Gasteiger partial charge in [-0.15, -0.1) is 11.3 Å². The second-order valence-electron chi connectivity index (χ2n) is 6.59. The molecule has 1 aromatic heterocycles. The summed E-state index contributed by atoms with van der Waals surface area (Å²) in [5.74, 6) is 2.14. The molecule has 1 fully saturated rings. The van der Waals surface area contributed by atoms with Crippen LogP contribution in [0.3, 0.4) is 0 Å². The molecule has 0 spiro atoms. The van der Waals surface area contributed by atoms with Gasteiger partial charge in [0.15, 0.2) is 15.8 Å². The highest BCUT2D eigenvalue weighted by Crippen LogP contribution is 2.39. The Morgan fingerprint density at radius 2 is 2.11 bits per heavy atom. The summed E-state index contributed by atoms with van der Waals surface area (Å²) in [6, 6.07) is 14.2. The van der Waals surface area contributed by atoms with E-state index in [1.54, 1.807) is 11.3 Å². The molecule has 1 saturated heterocycles. The maximum Gasteiger partial charge on any atom is 0.233 e. The molecule has 1 atom stereocenters. The minimum absolute atomic E-state index is 0.114. The van der Waals surface area contributed by atoms with Gasteiger partial charge >= 0.3 is 0 Å². The lowest BCUT2D eigenvalue weighted by atomic mass is 10.0. The molecule has 2 aromatic carbocycles. The largest absolute Gasteiger partial charge is 0.454 e. The van der Waals surface area contributed by atoms with E-state index in [4.69, 9.17) is 9.47 Å². The Kier molecular flexibility index (Phi) is 4.41. The van der Waals surface area contributed by atoms with E-state index in [1.165, 1.54) is 11.8 Å². The number of benzene rings is 2. The molecule has 2 aliphatic heterocycles. The van der Waals surface area contributed by atoms with Crippen molar-refractivity contribution < 1.29 is 14.3 Å². The van der Waals surface area contributed by atoms with Crippen LogP contribution < -0.4 is 9.47 Å². The first kappa shape index (κ1) is 16.9. The van der Waals surface area contributed by atoms with Gasteiger partial charge in [0, 0.05) is 6.54 Å². The van der Waals surface area contributed by atoms with Gasteiger partial charge in [-0.25, -0.2) is 4.98 Å². The predicted molar refractivity (Wildman–Crippen MR) is 107 cm³/mol. The quantitative estimate of drug-likeness (QED) is 0.607. The Labute approximate surface area is 165 Å². The standard InChI is InChI=1S/C20H18N2O3S2/c23-19(11-26-20-21-14-4-1-2-6-18(14)27-20)22-9-3-5-15(22)13-7-8-16-17(10-13)25-12-24-16/h1-2,4,6-8,10,15H,3,5,9,11-12H2. The summed E-state index contributed by atoms with van der Waals surface area (Å²) < 4.78 is 13.0. The summed E-state index contributed by atoms with van der Waals surface area (Å²) in [6.45, 7) is 1.07. The monoisotopic (exact) mass is 398 g/mol.